The summed E-state index contributed by atoms with van der Waals surface area (Å²) in [5, 5.41) is 13.7. The number of anilines is 1. The van der Waals surface area contributed by atoms with Gasteiger partial charge in [0.2, 0.25) is 0 Å². The van der Waals surface area contributed by atoms with E-state index in [4.69, 9.17) is 0 Å². The quantitative estimate of drug-likeness (QED) is 0.818. The van der Waals surface area contributed by atoms with Gasteiger partial charge in [-0.05, 0) is 28.1 Å². The van der Waals surface area contributed by atoms with Gasteiger partial charge in [-0.3, -0.25) is 4.79 Å². The minimum Gasteiger partial charge on any atom is -0.319 e. The molecule has 0 aliphatic carbocycles. The lowest BCUT2D eigenvalue weighted by molar-refractivity contribution is 0.102. The molecule has 2 N–H and O–H groups in total. The SMILES string of the molecule is O=C(Nc1ccc(Br)nc1)c1cn(C2CNC2)nn1. The van der Waals surface area contributed by atoms with Crippen LogP contribution in [0.2, 0.25) is 0 Å². The highest BCUT2D eigenvalue weighted by Gasteiger charge is 2.21. The van der Waals surface area contributed by atoms with Gasteiger partial charge in [-0.1, -0.05) is 5.21 Å². The number of amides is 1. The number of carbonyl (C=O) groups excluding carboxylic acids is 1. The number of carbonyl (C=O) groups is 1. The summed E-state index contributed by atoms with van der Waals surface area (Å²) in [7, 11) is 0. The van der Waals surface area contributed by atoms with Crippen LogP contribution in [0, 0.1) is 0 Å². The molecule has 0 unspecified atom stereocenters. The fraction of sp³-hybridized carbons (Fsp3) is 0.273. The molecule has 3 rings (SSSR count). The summed E-state index contributed by atoms with van der Waals surface area (Å²) in [4.78, 5) is 16.0. The van der Waals surface area contributed by atoms with Crippen molar-refractivity contribution >= 4 is 27.5 Å². The zero-order valence-corrected chi connectivity index (χ0v) is 11.5. The van der Waals surface area contributed by atoms with Crippen molar-refractivity contribution in [2.75, 3.05) is 18.4 Å². The molecule has 8 heteroatoms. The minimum absolute atomic E-state index is 0.289. The van der Waals surface area contributed by atoms with E-state index in [2.05, 4.69) is 41.9 Å². The summed E-state index contributed by atoms with van der Waals surface area (Å²) in [5.41, 5.74) is 0.919. The van der Waals surface area contributed by atoms with Crippen LogP contribution in [0.4, 0.5) is 5.69 Å². The van der Waals surface area contributed by atoms with E-state index in [1.807, 2.05) is 0 Å². The molecule has 3 heterocycles. The Kier molecular flexibility index (Phi) is 3.26. The zero-order valence-electron chi connectivity index (χ0n) is 9.88. The van der Waals surface area contributed by atoms with Crippen LogP contribution >= 0.6 is 15.9 Å². The van der Waals surface area contributed by atoms with Crippen molar-refractivity contribution in [1.82, 2.24) is 25.3 Å². The number of nitrogens with one attached hydrogen (secondary N) is 2. The topological polar surface area (TPSA) is 84.7 Å². The number of pyridine rings is 1. The maximum atomic E-state index is 12.0. The molecule has 2 aromatic heterocycles. The van der Waals surface area contributed by atoms with Crippen LogP contribution in [0.5, 0.6) is 0 Å². The molecule has 1 aliphatic heterocycles. The molecule has 2 aromatic rings. The Morgan fingerprint density at radius 3 is 2.95 bits per heavy atom. The van der Waals surface area contributed by atoms with Crippen molar-refractivity contribution in [3.05, 3.63) is 34.8 Å². The number of nitrogens with zero attached hydrogens (tertiary/aromatic N) is 4. The van der Waals surface area contributed by atoms with Gasteiger partial charge in [-0.25, -0.2) is 9.67 Å². The molecule has 0 bridgehead atoms. The van der Waals surface area contributed by atoms with E-state index >= 15 is 0 Å². The second-order valence-electron chi connectivity index (χ2n) is 4.22. The molecule has 0 aromatic carbocycles. The zero-order chi connectivity index (χ0) is 13.2. The summed E-state index contributed by atoms with van der Waals surface area (Å²) >= 11 is 3.23. The molecule has 0 atom stereocenters. The first-order valence-corrected chi connectivity index (χ1v) is 6.57. The van der Waals surface area contributed by atoms with Crippen LogP contribution in [0.25, 0.3) is 0 Å². The summed E-state index contributed by atoms with van der Waals surface area (Å²) in [6.07, 6.45) is 3.23. The molecule has 1 fully saturated rings. The van der Waals surface area contributed by atoms with Gasteiger partial charge < -0.3 is 10.6 Å². The highest BCUT2D eigenvalue weighted by Crippen LogP contribution is 2.13. The van der Waals surface area contributed by atoms with Gasteiger partial charge in [0.25, 0.3) is 5.91 Å². The Labute approximate surface area is 117 Å². The van der Waals surface area contributed by atoms with E-state index in [0.717, 1.165) is 13.1 Å². The Balaban J connectivity index is 1.69. The van der Waals surface area contributed by atoms with Crippen LogP contribution in [0.3, 0.4) is 0 Å². The van der Waals surface area contributed by atoms with Crippen LogP contribution in [0.1, 0.15) is 16.5 Å². The second kappa shape index (κ2) is 5.06. The van der Waals surface area contributed by atoms with Gasteiger partial charge in [0.05, 0.1) is 24.1 Å². The van der Waals surface area contributed by atoms with E-state index in [-0.39, 0.29) is 5.91 Å². The summed E-state index contributed by atoms with van der Waals surface area (Å²) in [6, 6.07) is 3.81. The fourth-order valence-corrected chi connectivity index (χ4v) is 1.90. The Hall–Kier alpha value is -1.80. The predicted octanol–water partition coefficient (Wildman–Crippen LogP) is 0.832. The van der Waals surface area contributed by atoms with E-state index < -0.39 is 0 Å². The van der Waals surface area contributed by atoms with E-state index in [1.54, 1.807) is 29.2 Å². The van der Waals surface area contributed by atoms with Gasteiger partial charge in [0, 0.05) is 13.1 Å². The molecule has 0 spiro atoms. The molecular formula is C11H11BrN6O. The predicted molar refractivity (Wildman–Crippen MR) is 71.8 cm³/mol. The average molecular weight is 323 g/mol. The third-order valence-corrected chi connectivity index (χ3v) is 3.33. The Bertz CT molecular complexity index is 591. The lowest BCUT2D eigenvalue weighted by atomic mass is 10.2. The number of halogens is 1. The fourth-order valence-electron chi connectivity index (χ4n) is 1.66. The second-order valence-corrected chi connectivity index (χ2v) is 5.03. The number of aromatic nitrogens is 4. The maximum Gasteiger partial charge on any atom is 0.277 e. The van der Waals surface area contributed by atoms with Gasteiger partial charge in [-0.2, -0.15) is 0 Å². The largest absolute Gasteiger partial charge is 0.319 e. The number of hydrogen-bond donors (Lipinski definition) is 2. The van der Waals surface area contributed by atoms with Crippen LogP contribution in [-0.4, -0.2) is 39.0 Å². The van der Waals surface area contributed by atoms with Crippen molar-refractivity contribution in [3.8, 4) is 0 Å². The first-order valence-electron chi connectivity index (χ1n) is 5.78. The molecule has 19 heavy (non-hydrogen) atoms. The number of hydrogen-bond acceptors (Lipinski definition) is 5. The first-order chi connectivity index (χ1) is 9.22. The number of rotatable bonds is 3. The highest BCUT2D eigenvalue weighted by atomic mass is 79.9. The molecule has 1 amide bonds. The van der Waals surface area contributed by atoms with Crippen molar-refractivity contribution in [3.63, 3.8) is 0 Å². The van der Waals surface area contributed by atoms with Crippen LogP contribution in [0.15, 0.2) is 29.1 Å². The summed E-state index contributed by atoms with van der Waals surface area (Å²) < 4.78 is 2.43. The van der Waals surface area contributed by atoms with Crippen molar-refractivity contribution in [2.24, 2.45) is 0 Å². The first kappa shape index (κ1) is 12.2. The normalized spacial score (nSPS) is 15.0. The van der Waals surface area contributed by atoms with E-state index in [1.165, 1.54) is 0 Å². The van der Waals surface area contributed by atoms with E-state index in [0.29, 0.717) is 22.0 Å². The lowest BCUT2D eigenvalue weighted by Gasteiger charge is -2.26. The minimum atomic E-state index is -0.289. The standard InChI is InChI=1S/C11H11BrN6O/c12-10-2-1-7(3-14-10)15-11(19)9-6-18(17-16-9)8-4-13-5-8/h1-3,6,8,13H,4-5H2,(H,15,19). The smallest absolute Gasteiger partial charge is 0.277 e. The lowest BCUT2D eigenvalue weighted by Crippen LogP contribution is -2.43. The van der Waals surface area contributed by atoms with Gasteiger partial charge >= 0.3 is 0 Å². The molecule has 1 aliphatic rings. The van der Waals surface area contributed by atoms with E-state index in [9.17, 15) is 4.79 Å². The van der Waals surface area contributed by atoms with Crippen LogP contribution in [-0.2, 0) is 0 Å². The monoisotopic (exact) mass is 322 g/mol. The van der Waals surface area contributed by atoms with Gasteiger partial charge in [-0.15, -0.1) is 5.10 Å². The molecule has 0 saturated carbocycles. The molecule has 0 radical (unpaired) electrons. The third-order valence-electron chi connectivity index (χ3n) is 2.86. The maximum absolute atomic E-state index is 12.0. The third kappa shape index (κ3) is 2.64. The van der Waals surface area contributed by atoms with Gasteiger partial charge in [0.15, 0.2) is 5.69 Å². The highest BCUT2D eigenvalue weighted by molar-refractivity contribution is 9.10. The molecular weight excluding hydrogens is 312 g/mol. The Morgan fingerprint density at radius 1 is 1.47 bits per heavy atom. The van der Waals surface area contributed by atoms with Crippen LogP contribution < -0.4 is 10.6 Å². The molecule has 1 saturated heterocycles. The Morgan fingerprint density at radius 2 is 2.32 bits per heavy atom. The van der Waals surface area contributed by atoms with Crippen molar-refractivity contribution in [1.29, 1.82) is 0 Å². The average Bonchev–Trinajstić information content (AvgIpc) is 2.79. The molecule has 98 valence electrons. The summed E-state index contributed by atoms with van der Waals surface area (Å²) in [5.74, 6) is -0.289. The summed E-state index contributed by atoms with van der Waals surface area (Å²) in [6.45, 7) is 1.72. The van der Waals surface area contributed by atoms with Crippen molar-refractivity contribution < 1.29 is 4.79 Å². The molecule has 7 nitrogen and oxygen atoms in total. The van der Waals surface area contributed by atoms with Gasteiger partial charge in [0.1, 0.15) is 4.60 Å². The van der Waals surface area contributed by atoms with Crippen molar-refractivity contribution in [2.45, 2.75) is 6.04 Å².